The Morgan fingerprint density at radius 1 is 1.04 bits per heavy atom. The summed E-state index contributed by atoms with van der Waals surface area (Å²) in [5.41, 5.74) is 0.860. The van der Waals surface area contributed by atoms with Gasteiger partial charge in [0.2, 0.25) is 5.75 Å². The number of benzene rings is 3. The number of aliphatic hydroxyl groups is 1. The highest BCUT2D eigenvalue weighted by molar-refractivity contribution is 5.65. The molecule has 0 aliphatic carbocycles. The van der Waals surface area contributed by atoms with Crippen LogP contribution in [0.2, 0.25) is 0 Å². The maximum atomic E-state index is 14.5. The second-order valence-corrected chi connectivity index (χ2v) is 5.91. The molecule has 0 saturated carbocycles. The number of nitrogens with zero attached hydrogens (tertiary/aromatic N) is 1. The summed E-state index contributed by atoms with van der Waals surface area (Å²) in [4.78, 5) is 10.6. The van der Waals surface area contributed by atoms with Crippen molar-refractivity contribution in [1.82, 2.24) is 0 Å². The first-order chi connectivity index (χ1) is 12.8. The average molecular weight is 371 g/mol. The molecule has 0 fully saturated rings. The molecule has 0 heterocycles. The fourth-order valence-corrected chi connectivity index (χ4v) is 2.57. The molecule has 0 aliphatic heterocycles. The van der Waals surface area contributed by atoms with Crippen LogP contribution in [0.5, 0.6) is 11.5 Å². The summed E-state index contributed by atoms with van der Waals surface area (Å²) < 4.78 is 33.0. The van der Waals surface area contributed by atoms with Crippen LogP contribution in [0.15, 0.2) is 60.7 Å². The fourth-order valence-electron chi connectivity index (χ4n) is 2.57. The van der Waals surface area contributed by atoms with E-state index in [-0.39, 0.29) is 22.7 Å². The van der Waals surface area contributed by atoms with Crippen molar-refractivity contribution in [2.75, 3.05) is 0 Å². The number of ether oxygens (including phenoxy) is 1. The number of nitro benzene ring substituents is 1. The Hall–Kier alpha value is -3.32. The van der Waals surface area contributed by atoms with Gasteiger partial charge in [-0.1, -0.05) is 12.1 Å². The molecule has 1 atom stereocenters. The van der Waals surface area contributed by atoms with Crippen molar-refractivity contribution in [3.05, 3.63) is 88.0 Å². The molecule has 0 aromatic heterocycles. The standard InChI is InChI=1S/C20H15F2NO4/c1-12(24)14-4-9-19(23(25)26)20(10-14)27-16-7-8-17(18(22)11-16)13-2-5-15(21)6-3-13/h2-12,24H,1H3. The van der Waals surface area contributed by atoms with Crippen LogP contribution in [0.25, 0.3) is 11.1 Å². The van der Waals surface area contributed by atoms with Gasteiger partial charge in [-0.05, 0) is 54.4 Å². The Bertz CT molecular complexity index is 988. The van der Waals surface area contributed by atoms with Crippen LogP contribution in [0.3, 0.4) is 0 Å². The minimum atomic E-state index is -0.842. The highest BCUT2D eigenvalue weighted by Crippen LogP contribution is 2.35. The van der Waals surface area contributed by atoms with Crippen molar-refractivity contribution in [2.45, 2.75) is 13.0 Å². The first-order valence-corrected chi connectivity index (χ1v) is 8.05. The van der Waals surface area contributed by atoms with E-state index in [2.05, 4.69) is 0 Å². The smallest absolute Gasteiger partial charge is 0.311 e. The quantitative estimate of drug-likeness (QED) is 0.482. The molecule has 5 nitrogen and oxygen atoms in total. The lowest BCUT2D eigenvalue weighted by Gasteiger charge is -2.11. The van der Waals surface area contributed by atoms with Crippen LogP contribution in [0.1, 0.15) is 18.6 Å². The molecule has 0 bridgehead atoms. The summed E-state index contributed by atoms with van der Waals surface area (Å²) in [5, 5.41) is 20.8. The van der Waals surface area contributed by atoms with Crippen molar-refractivity contribution in [1.29, 1.82) is 0 Å². The molecule has 3 aromatic carbocycles. The van der Waals surface area contributed by atoms with Crippen molar-refractivity contribution in [3.8, 4) is 22.6 Å². The number of hydrogen-bond acceptors (Lipinski definition) is 4. The number of hydrogen-bond donors (Lipinski definition) is 1. The maximum absolute atomic E-state index is 14.5. The van der Waals surface area contributed by atoms with Gasteiger partial charge in [-0.2, -0.15) is 0 Å². The van der Waals surface area contributed by atoms with E-state index in [1.54, 1.807) is 0 Å². The summed E-state index contributed by atoms with van der Waals surface area (Å²) in [6, 6.07) is 13.3. The molecule has 7 heteroatoms. The monoisotopic (exact) mass is 371 g/mol. The van der Waals surface area contributed by atoms with Gasteiger partial charge in [0, 0.05) is 17.7 Å². The molecule has 138 valence electrons. The third-order valence-electron chi connectivity index (χ3n) is 3.99. The molecule has 3 rings (SSSR count). The van der Waals surface area contributed by atoms with E-state index in [1.807, 2.05) is 0 Å². The van der Waals surface area contributed by atoms with E-state index in [0.29, 0.717) is 11.1 Å². The number of rotatable bonds is 5. The number of nitro groups is 1. The zero-order valence-corrected chi connectivity index (χ0v) is 14.2. The lowest BCUT2D eigenvalue weighted by molar-refractivity contribution is -0.385. The van der Waals surface area contributed by atoms with Crippen molar-refractivity contribution >= 4 is 5.69 Å². The normalized spacial score (nSPS) is 11.9. The Morgan fingerprint density at radius 3 is 2.33 bits per heavy atom. The Balaban J connectivity index is 1.94. The zero-order valence-electron chi connectivity index (χ0n) is 14.2. The second kappa shape index (κ2) is 7.51. The van der Waals surface area contributed by atoms with E-state index in [1.165, 1.54) is 61.5 Å². The lowest BCUT2D eigenvalue weighted by Crippen LogP contribution is -1.97. The zero-order chi connectivity index (χ0) is 19.6. The minimum Gasteiger partial charge on any atom is -0.450 e. The van der Waals surface area contributed by atoms with E-state index in [9.17, 15) is 24.0 Å². The van der Waals surface area contributed by atoms with Crippen LogP contribution >= 0.6 is 0 Å². The van der Waals surface area contributed by atoms with Gasteiger partial charge in [-0.3, -0.25) is 10.1 Å². The van der Waals surface area contributed by atoms with Crippen molar-refractivity contribution in [3.63, 3.8) is 0 Å². The molecule has 0 spiro atoms. The van der Waals surface area contributed by atoms with Gasteiger partial charge in [0.25, 0.3) is 0 Å². The molecular weight excluding hydrogens is 356 g/mol. The summed E-state index contributed by atoms with van der Waals surface area (Å²) >= 11 is 0. The van der Waals surface area contributed by atoms with Gasteiger partial charge in [0.1, 0.15) is 17.4 Å². The predicted molar refractivity (Wildman–Crippen MR) is 95.6 cm³/mol. The Morgan fingerprint density at radius 2 is 1.74 bits per heavy atom. The van der Waals surface area contributed by atoms with Crippen LogP contribution < -0.4 is 4.74 Å². The summed E-state index contributed by atoms with van der Waals surface area (Å²) in [6.45, 7) is 1.52. The van der Waals surface area contributed by atoms with Gasteiger partial charge < -0.3 is 9.84 Å². The molecule has 1 unspecified atom stereocenters. The summed E-state index contributed by atoms with van der Waals surface area (Å²) in [7, 11) is 0. The third kappa shape index (κ3) is 4.09. The molecule has 0 aliphatic rings. The molecule has 3 aromatic rings. The van der Waals surface area contributed by atoms with Crippen molar-refractivity contribution < 1.29 is 23.5 Å². The molecule has 0 amide bonds. The summed E-state index contributed by atoms with van der Waals surface area (Å²) in [6.07, 6.45) is -0.842. The molecular formula is C20H15F2NO4. The van der Waals surface area contributed by atoms with Gasteiger partial charge in [-0.15, -0.1) is 0 Å². The average Bonchev–Trinajstić information content (AvgIpc) is 2.62. The summed E-state index contributed by atoms with van der Waals surface area (Å²) in [5.74, 6) is -1.09. The first-order valence-electron chi connectivity index (χ1n) is 8.05. The predicted octanol–water partition coefficient (Wildman–Crippen LogP) is 5.39. The van der Waals surface area contributed by atoms with Gasteiger partial charge in [-0.25, -0.2) is 8.78 Å². The van der Waals surface area contributed by atoms with Gasteiger partial charge in [0.15, 0.2) is 0 Å². The Kier molecular flexibility index (Phi) is 5.14. The Labute approximate surface area is 153 Å². The maximum Gasteiger partial charge on any atom is 0.311 e. The van der Waals surface area contributed by atoms with E-state index in [4.69, 9.17) is 4.74 Å². The highest BCUT2D eigenvalue weighted by Gasteiger charge is 2.18. The minimum absolute atomic E-state index is 0.0594. The largest absolute Gasteiger partial charge is 0.450 e. The van der Waals surface area contributed by atoms with Gasteiger partial charge >= 0.3 is 5.69 Å². The van der Waals surface area contributed by atoms with Crippen LogP contribution in [0, 0.1) is 21.7 Å². The molecule has 27 heavy (non-hydrogen) atoms. The second-order valence-electron chi connectivity index (χ2n) is 5.91. The van der Waals surface area contributed by atoms with Crippen LogP contribution in [0.4, 0.5) is 14.5 Å². The van der Waals surface area contributed by atoms with Crippen LogP contribution in [-0.4, -0.2) is 10.0 Å². The van der Waals surface area contributed by atoms with E-state index >= 15 is 0 Å². The number of halogens is 2. The highest BCUT2D eigenvalue weighted by atomic mass is 19.1. The SMILES string of the molecule is CC(O)c1ccc([N+](=O)[O-])c(Oc2ccc(-c3ccc(F)cc3)c(F)c2)c1. The van der Waals surface area contributed by atoms with Crippen molar-refractivity contribution in [2.24, 2.45) is 0 Å². The number of aliphatic hydroxyl groups excluding tert-OH is 1. The first kappa shape index (κ1) is 18.5. The third-order valence-corrected chi connectivity index (χ3v) is 3.99. The molecule has 1 N–H and O–H groups in total. The molecule has 0 saturated heterocycles. The lowest BCUT2D eigenvalue weighted by atomic mass is 10.0. The van der Waals surface area contributed by atoms with E-state index < -0.39 is 22.7 Å². The fraction of sp³-hybridized carbons (Fsp3) is 0.100. The molecule has 0 radical (unpaired) electrons. The van der Waals surface area contributed by atoms with Gasteiger partial charge in [0.05, 0.1) is 11.0 Å². The van der Waals surface area contributed by atoms with Crippen LogP contribution in [-0.2, 0) is 0 Å². The topological polar surface area (TPSA) is 72.6 Å². The van der Waals surface area contributed by atoms with E-state index in [0.717, 1.165) is 6.07 Å².